The van der Waals surface area contributed by atoms with Crippen molar-refractivity contribution < 1.29 is 9.18 Å². The van der Waals surface area contributed by atoms with Crippen molar-refractivity contribution in [2.45, 2.75) is 19.9 Å². The van der Waals surface area contributed by atoms with Crippen molar-refractivity contribution in [1.82, 2.24) is 15.6 Å². The normalized spacial score (nSPS) is 10.7. The van der Waals surface area contributed by atoms with Gasteiger partial charge in [0.1, 0.15) is 11.6 Å². The van der Waals surface area contributed by atoms with Gasteiger partial charge < -0.3 is 16.0 Å². The number of nitrogens with zero attached hydrogens (tertiary/aromatic N) is 2. The Morgan fingerprint density at radius 2 is 2.04 bits per heavy atom. The van der Waals surface area contributed by atoms with Crippen LogP contribution in [0.2, 0.25) is 0 Å². The summed E-state index contributed by atoms with van der Waals surface area (Å²) in [4.78, 5) is 20.1. The first-order valence-electron chi connectivity index (χ1n) is 7.98. The number of carbonyl (C=O) groups excluding carboxylic acids is 1. The Morgan fingerprint density at radius 1 is 1.23 bits per heavy atom. The summed E-state index contributed by atoms with van der Waals surface area (Å²) in [5.74, 6) is 0.669. The first kappa shape index (κ1) is 21.8. The zero-order chi connectivity index (χ0) is 18.1. The third kappa shape index (κ3) is 7.77. The number of aliphatic imine (C=N–C) groups is 1. The standard InChI is InChI=1S/C18H22FN5O.HI/c1-13-6-7-16(22-11-13)24-17(25)8-9-21-18(20-2)23-12-14-4-3-5-15(19)10-14;/h3-7,10-11H,8-9,12H2,1-2H3,(H2,20,21,23)(H,22,24,25);1H. The number of aromatic nitrogens is 1. The number of benzene rings is 1. The van der Waals surface area contributed by atoms with Gasteiger partial charge >= 0.3 is 0 Å². The second-order valence-electron chi connectivity index (χ2n) is 5.50. The van der Waals surface area contributed by atoms with E-state index in [2.05, 4.69) is 25.9 Å². The first-order valence-corrected chi connectivity index (χ1v) is 7.98. The number of rotatable bonds is 6. The van der Waals surface area contributed by atoms with Gasteiger partial charge in [0, 0.05) is 32.8 Å². The minimum atomic E-state index is -0.274. The third-order valence-electron chi connectivity index (χ3n) is 3.40. The lowest BCUT2D eigenvalue weighted by atomic mass is 10.2. The van der Waals surface area contributed by atoms with E-state index in [4.69, 9.17) is 0 Å². The van der Waals surface area contributed by atoms with Gasteiger partial charge in [-0.2, -0.15) is 0 Å². The predicted molar refractivity (Wildman–Crippen MR) is 112 cm³/mol. The first-order chi connectivity index (χ1) is 12.1. The van der Waals surface area contributed by atoms with Crippen molar-refractivity contribution in [1.29, 1.82) is 0 Å². The van der Waals surface area contributed by atoms with Crippen LogP contribution in [0.3, 0.4) is 0 Å². The van der Waals surface area contributed by atoms with Gasteiger partial charge in [-0.15, -0.1) is 24.0 Å². The number of pyridine rings is 1. The highest BCUT2D eigenvalue weighted by atomic mass is 127. The average molecular weight is 471 g/mol. The van der Waals surface area contributed by atoms with Crippen molar-refractivity contribution in [3.8, 4) is 0 Å². The van der Waals surface area contributed by atoms with E-state index in [1.165, 1.54) is 12.1 Å². The maximum Gasteiger partial charge on any atom is 0.227 e. The van der Waals surface area contributed by atoms with Gasteiger partial charge in [0.05, 0.1) is 0 Å². The van der Waals surface area contributed by atoms with Crippen LogP contribution in [0.5, 0.6) is 0 Å². The molecule has 3 N–H and O–H groups in total. The molecule has 0 fully saturated rings. The Labute approximate surface area is 169 Å². The zero-order valence-corrected chi connectivity index (χ0v) is 17.1. The van der Waals surface area contributed by atoms with Crippen LogP contribution < -0.4 is 16.0 Å². The fourth-order valence-electron chi connectivity index (χ4n) is 2.09. The van der Waals surface area contributed by atoms with Crippen molar-refractivity contribution >= 4 is 41.7 Å². The molecule has 1 heterocycles. The van der Waals surface area contributed by atoms with E-state index in [0.29, 0.717) is 24.9 Å². The monoisotopic (exact) mass is 471 g/mol. The summed E-state index contributed by atoms with van der Waals surface area (Å²) in [5.41, 5.74) is 1.85. The molecular weight excluding hydrogens is 448 g/mol. The fraction of sp³-hybridized carbons (Fsp3) is 0.278. The number of guanidine groups is 1. The molecular formula is C18H23FIN5O. The summed E-state index contributed by atoms with van der Waals surface area (Å²) in [6.07, 6.45) is 1.97. The molecule has 0 saturated heterocycles. The van der Waals surface area contributed by atoms with Gasteiger partial charge in [0.15, 0.2) is 5.96 Å². The molecule has 1 amide bonds. The van der Waals surface area contributed by atoms with E-state index in [1.807, 2.05) is 19.1 Å². The van der Waals surface area contributed by atoms with E-state index in [-0.39, 0.29) is 42.1 Å². The average Bonchev–Trinajstić information content (AvgIpc) is 2.60. The van der Waals surface area contributed by atoms with Crippen LogP contribution in [0, 0.1) is 12.7 Å². The molecule has 0 atom stereocenters. The Bertz CT molecular complexity index is 737. The third-order valence-corrected chi connectivity index (χ3v) is 3.40. The van der Waals surface area contributed by atoms with Crippen molar-refractivity contribution in [3.63, 3.8) is 0 Å². The quantitative estimate of drug-likeness (QED) is 0.344. The lowest BCUT2D eigenvalue weighted by Gasteiger charge is -2.12. The second-order valence-corrected chi connectivity index (χ2v) is 5.50. The molecule has 1 aromatic heterocycles. The van der Waals surface area contributed by atoms with Gasteiger partial charge in [-0.05, 0) is 36.2 Å². The summed E-state index contributed by atoms with van der Waals surface area (Å²) in [6, 6.07) is 10.00. The molecule has 2 aromatic rings. The summed E-state index contributed by atoms with van der Waals surface area (Å²) < 4.78 is 13.1. The van der Waals surface area contributed by atoms with Gasteiger partial charge in [-0.3, -0.25) is 9.79 Å². The Morgan fingerprint density at radius 3 is 2.69 bits per heavy atom. The zero-order valence-electron chi connectivity index (χ0n) is 14.8. The molecule has 0 radical (unpaired) electrons. The topological polar surface area (TPSA) is 78.4 Å². The molecule has 0 aliphatic heterocycles. The van der Waals surface area contributed by atoms with Crippen molar-refractivity contribution in [2.75, 3.05) is 18.9 Å². The number of aryl methyl sites for hydroxylation is 1. The molecule has 26 heavy (non-hydrogen) atoms. The summed E-state index contributed by atoms with van der Waals surface area (Å²) in [5, 5.41) is 8.85. The SMILES string of the molecule is CN=C(NCCC(=O)Nc1ccc(C)cn1)NCc1cccc(F)c1.I. The van der Waals surface area contributed by atoms with Gasteiger partial charge in [-0.1, -0.05) is 18.2 Å². The number of anilines is 1. The molecule has 0 aliphatic carbocycles. The second kappa shape index (κ2) is 11.4. The number of hydrogen-bond acceptors (Lipinski definition) is 3. The summed E-state index contributed by atoms with van der Waals surface area (Å²) in [7, 11) is 1.64. The molecule has 0 aliphatic rings. The van der Waals surface area contributed by atoms with Crippen LogP contribution in [0.4, 0.5) is 10.2 Å². The number of amides is 1. The van der Waals surface area contributed by atoms with Crippen LogP contribution in [-0.2, 0) is 11.3 Å². The fourth-order valence-corrected chi connectivity index (χ4v) is 2.09. The molecule has 0 unspecified atom stereocenters. The largest absolute Gasteiger partial charge is 0.356 e. The number of hydrogen-bond donors (Lipinski definition) is 3. The van der Waals surface area contributed by atoms with E-state index in [0.717, 1.165) is 11.1 Å². The molecule has 2 rings (SSSR count). The Balaban J connectivity index is 0.00000338. The Hall–Kier alpha value is -2.23. The molecule has 6 nitrogen and oxygen atoms in total. The van der Waals surface area contributed by atoms with Crippen LogP contribution in [0.1, 0.15) is 17.5 Å². The van der Waals surface area contributed by atoms with E-state index < -0.39 is 0 Å². The summed E-state index contributed by atoms with van der Waals surface area (Å²) >= 11 is 0. The number of carbonyl (C=O) groups is 1. The highest BCUT2D eigenvalue weighted by Crippen LogP contribution is 2.04. The van der Waals surface area contributed by atoms with Crippen molar-refractivity contribution in [2.24, 2.45) is 4.99 Å². The molecule has 140 valence electrons. The maximum absolute atomic E-state index is 13.1. The van der Waals surface area contributed by atoms with Crippen molar-refractivity contribution in [3.05, 3.63) is 59.5 Å². The molecule has 0 saturated carbocycles. The number of halogens is 2. The lowest BCUT2D eigenvalue weighted by Crippen LogP contribution is -2.38. The lowest BCUT2D eigenvalue weighted by molar-refractivity contribution is -0.116. The minimum Gasteiger partial charge on any atom is -0.356 e. The van der Waals surface area contributed by atoms with Gasteiger partial charge in [0.2, 0.25) is 5.91 Å². The van der Waals surface area contributed by atoms with Gasteiger partial charge in [-0.25, -0.2) is 9.37 Å². The van der Waals surface area contributed by atoms with E-state index in [9.17, 15) is 9.18 Å². The molecule has 1 aromatic carbocycles. The van der Waals surface area contributed by atoms with E-state index in [1.54, 1.807) is 25.4 Å². The highest BCUT2D eigenvalue weighted by molar-refractivity contribution is 14.0. The molecule has 8 heteroatoms. The van der Waals surface area contributed by atoms with Crippen LogP contribution in [-0.4, -0.2) is 30.4 Å². The highest BCUT2D eigenvalue weighted by Gasteiger charge is 2.04. The summed E-state index contributed by atoms with van der Waals surface area (Å²) in [6.45, 7) is 2.79. The predicted octanol–water partition coefficient (Wildman–Crippen LogP) is 2.84. The smallest absolute Gasteiger partial charge is 0.227 e. The molecule has 0 bridgehead atoms. The van der Waals surface area contributed by atoms with E-state index >= 15 is 0 Å². The number of nitrogens with one attached hydrogen (secondary N) is 3. The van der Waals surface area contributed by atoms with Crippen LogP contribution in [0.15, 0.2) is 47.6 Å². The van der Waals surface area contributed by atoms with Crippen LogP contribution >= 0.6 is 24.0 Å². The maximum atomic E-state index is 13.1. The van der Waals surface area contributed by atoms with Gasteiger partial charge in [0.25, 0.3) is 0 Å². The van der Waals surface area contributed by atoms with Crippen LogP contribution in [0.25, 0.3) is 0 Å². The minimum absolute atomic E-state index is 0. The Kier molecular flexibility index (Phi) is 9.56. The molecule has 0 spiro atoms.